The summed E-state index contributed by atoms with van der Waals surface area (Å²) in [6.45, 7) is 1.79. The van der Waals surface area contributed by atoms with Gasteiger partial charge in [-0.05, 0) is 42.2 Å². The highest BCUT2D eigenvalue weighted by Crippen LogP contribution is 2.32. The van der Waals surface area contributed by atoms with E-state index in [-0.39, 0.29) is 12.5 Å². The van der Waals surface area contributed by atoms with E-state index in [2.05, 4.69) is 15.4 Å². The molecule has 0 aliphatic carbocycles. The van der Waals surface area contributed by atoms with E-state index >= 15 is 0 Å². The minimum absolute atomic E-state index is 0.0489. The van der Waals surface area contributed by atoms with Crippen molar-refractivity contribution in [2.24, 2.45) is 5.92 Å². The number of aliphatic hydroxyl groups is 1. The summed E-state index contributed by atoms with van der Waals surface area (Å²) in [5.41, 5.74) is 2.78. The predicted molar refractivity (Wildman–Crippen MR) is 101 cm³/mol. The van der Waals surface area contributed by atoms with Crippen molar-refractivity contribution in [2.45, 2.75) is 19.4 Å². The fraction of sp³-hybridized carbons (Fsp3) is 0.350. The van der Waals surface area contributed by atoms with Crippen LogP contribution in [0.1, 0.15) is 12.8 Å². The average Bonchev–Trinajstić information content (AvgIpc) is 3.31. The van der Waals surface area contributed by atoms with Crippen molar-refractivity contribution in [2.75, 3.05) is 19.8 Å². The van der Waals surface area contributed by atoms with E-state index in [0.29, 0.717) is 25.5 Å². The third-order valence-corrected chi connectivity index (χ3v) is 4.82. The molecule has 1 aliphatic heterocycles. The van der Waals surface area contributed by atoms with E-state index in [9.17, 15) is 4.79 Å². The lowest BCUT2D eigenvalue weighted by Crippen LogP contribution is -2.14. The van der Waals surface area contributed by atoms with Crippen LogP contribution in [0.25, 0.3) is 22.0 Å². The van der Waals surface area contributed by atoms with Gasteiger partial charge in [0.25, 0.3) is 0 Å². The highest BCUT2D eigenvalue weighted by atomic mass is 16.5. The summed E-state index contributed by atoms with van der Waals surface area (Å²) in [6, 6.07) is 7.91. The second-order valence-electron chi connectivity index (χ2n) is 6.77. The zero-order valence-electron chi connectivity index (χ0n) is 15.0. The van der Waals surface area contributed by atoms with Gasteiger partial charge in [0.15, 0.2) is 0 Å². The molecule has 1 aliphatic rings. The molecule has 1 aromatic carbocycles. The van der Waals surface area contributed by atoms with Crippen LogP contribution in [0.2, 0.25) is 0 Å². The Morgan fingerprint density at radius 2 is 2.26 bits per heavy atom. The van der Waals surface area contributed by atoms with Crippen molar-refractivity contribution in [3.8, 4) is 16.9 Å². The molecule has 3 heterocycles. The number of carbonyl (C=O) groups excluding carboxylic acids is 1. The van der Waals surface area contributed by atoms with Crippen molar-refractivity contribution in [1.82, 2.24) is 20.1 Å². The van der Waals surface area contributed by atoms with E-state index in [1.807, 2.05) is 30.5 Å². The normalized spacial score (nSPS) is 16.6. The Kier molecular flexibility index (Phi) is 5.02. The van der Waals surface area contributed by atoms with E-state index in [4.69, 9.17) is 9.84 Å². The molecule has 2 N–H and O–H groups in total. The lowest BCUT2D eigenvalue weighted by Gasteiger charge is -2.13. The number of pyridine rings is 1. The van der Waals surface area contributed by atoms with E-state index in [1.165, 1.54) is 0 Å². The lowest BCUT2D eigenvalue weighted by atomic mass is 10.0. The summed E-state index contributed by atoms with van der Waals surface area (Å²) in [4.78, 5) is 15.8. The Bertz CT molecular complexity index is 953. The van der Waals surface area contributed by atoms with Gasteiger partial charge in [0.2, 0.25) is 5.91 Å². The van der Waals surface area contributed by atoms with Gasteiger partial charge in [-0.1, -0.05) is 0 Å². The van der Waals surface area contributed by atoms with Crippen molar-refractivity contribution in [3.63, 3.8) is 0 Å². The van der Waals surface area contributed by atoms with Crippen molar-refractivity contribution in [3.05, 3.63) is 42.9 Å². The number of rotatable bonds is 7. The summed E-state index contributed by atoms with van der Waals surface area (Å²) >= 11 is 0. The van der Waals surface area contributed by atoms with Crippen LogP contribution in [0, 0.1) is 5.92 Å². The van der Waals surface area contributed by atoms with Gasteiger partial charge in [0.1, 0.15) is 5.75 Å². The standard InChI is InChI=1S/C20H22N4O3/c25-6-5-24-13-16(12-23-24)15-9-18-17(2-1-4-21-18)19(10-15)27-7-3-14-8-20(26)22-11-14/h1-2,4,9-10,12-14,25H,3,5-8,11H2,(H,22,26)/t14-/m1/s1. The summed E-state index contributed by atoms with van der Waals surface area (Å²) < 4.78 is 7.80. The topological polar surface area (TPSA) is 89.3 Å². The molecule has 2 aromatic heterocycles. The molecule has 0 unspecified atom stereocenters. The number of nitrogens with one attached hydrogen (secondary N) is 1. The van der Waals surface area contributed by atoms with Gasteiger partial charge in [0.05, 0.1) is 31.5 Å². The molecule has 7 heteroatoms. The predicted octanol–water partition coefficient (Wildman–Crippen LogP) is 2.00. The number of hydrogen-bond donors (Lipinski definition) is 2. The molecule has 0 spiro atoms. The maximum Gasteiger partial charge on any atom is 0.220 e. The number of amides is 1. The quantitative estimate of drug-likeness (QED) is 0.668. The van der Waals surface area contributed by atoms with Crippen LogP contribution in [0.4, 0.5) is 0 Å². The molecule has 27 heavy (non-hydrogen) atoms. The van der Waals surface area contributed by atoms with Gasteiger partial charge in [-0.2, -0.15) is 5.10 Å². The maximum atomic E-state index is 11.3. The number of fused-ring (bicyclic) bond motifs is 1. The molecule has 1 fully saturated rings. The molecule has 7 nitrogen and oxygen atoms in total. The number of carbonyl (C=O) groups is 1. The van der Waals surface area contributed by atoms with Crippen LogP contribution in [0.3, 0.4) is 0 Å². The monoisotopic (exact) mass is 366 g/mol. The molecule has 1 atom stereocenters. The molecule has 0 radical (unpaired) electrons. The van der Waals surface area contributed by atoms with E-state index in [1.54, 1.807) is 17.1 Å². The Labute approximate surface area is 157 Å². The summed E-state index contributed by atoms with van der Waals surface area (Å²) in [5.74, 6) is 1.24. The van der Waals surface area contributed by atoms with Gasteiger partial charge in [-0.3, -0.25) is 14.5 Å². The van der Waals surface area contributed by atoms with E-state index < -0.39 is 0 Å². The van der Waals surface area contributed by atoms with Crippen LogP contribution < -0.4 is 10.1 Å². The molecular formula is C20H22N4O3. The molecular weight excluding hydrogens is 344 g/mol. The number of nitrogens with zero attached hydrogens (tertiary/aromatic N) is 3. The van der Waals surface area contributed by atoms with Gasteiger partial charge in [-0.15, -0.1) is 0 Å². The first-order valence-electron chi connectivity index (χ1n) is 9.15. The van der Waals surface area contributed by atoms with Crippen LogP contribution in [-0.4, -0.2) is 45.5 Å². The van der Waals surface area contributed by atoms with Crippen LogP contribution in [0.15, 0.2) is 42.9 Å². The second kappa shape index (κ2) is 7.75. The maximum absolute atomic E-state index is 11.3. The largest absolute Gasteiger partial charge is 0.493 e. The second-order valence-corrected chi connectivity index (χ2v) is 6.77. The third kappa shape index (κ3) is 3.93. The molecule has 0 saturated carbocycles. The first kappa shape index (κ1) is 17.5. The number of benzene rings is 1. The SMILES string of the molecule is O=C1C[C@@H](CCOc2cc(-c3cnn(CCO)c3)cc3ncccc23)CN1. The van der Waals surface area contributed by atoms with Gasteiger partial charge in [-0.25, -0.2) is 0 Å². The summed E-state index contributed by atoms with van der Waals surface area (Å²) in [7, 11) is 0. The Morgan fingerprint density at radius 1 is 1.33 bits per heavy atom. The van der Waals surface area contributed by atoms with Gasteiger partial charge >= 0.3 is 0 Å². The molecule has 1 saturated heterocycles. The number of ether oxygens (including phenoxy) is 1. The Balaban J connectivity index is 1.57. The fourth-order valence-electron chi connectivity index (χ4n) is 3.38. The fourth-order valence-corrected chi connectivity index (χ4v) is 3.38. The first-order valence-corrected chi connectivity index (χ1v) is 9.15. The zero-order chi connectivity index (χ0) is 18.6. The number of aliphatic hydroxyl groups excluding tert-OH is 1. The Hall–Kier alpha value is -2.93. The molecule has 3 aromatic rings. The van der Waals surface area contributed by atoms with Crippen molar-refractivity contribution < 1.29 is 14.6 Å². The van der Waals surface area contributed by atoms with Crippen LogP contribution >= 0.6 is 0 Å². The van der Waals surface area contributed by atoms with Gasteiger partial charge < -0.3 is 15.2 Å². The zero-order valence-corrected chi connectivity index (χ0v) is 15.0. The number of aromatic nitrogens is 3. The van der Waals surface area contributed by atoms with Crippen molar-refractivity contribution >= 4 is 16.8 Å². The highest BCUT2D eigenvalue weighted by Gasteiger charge is 2.21. The molecule has 0 bridgehead atoms. The Morgan fingerprint density at radius 3 is 3.07 bits per heavy atom. The smallest absolute Gasteiger partial charge is 0.220 e. The molecule has 140 valence electrons. The minimum Gasteiger partial charge on any atom is -0.493 e. The highest BCUT2D eigenvalue weighted by molar-refractivity contribution is 5.89. The number of hydrogen-bond acceptors (Lipinski definition) is 5. The van der Waals surface area contributed by atoms with Crippen LogP contribution in [-0.2, 0) is 11.3 Å². The molecule has 1 amide bonds. The summed E-state index contributed by atoms with van der Waals surface area (Å²) in [6.07, 6.45) is 6.86. The van der Waals surface area contributed by atoms with Crippen molar-refractivity contribution in [1.29, 1.82) is 0 Å². The molecule has 4 rings (SSSR count). The van der Waals surface area contributed by atoms with Crippen LogP contribution in [0.5, 0.6) is 5.75 Å². The van der Waals surface area contributed by atoms with E-state index in [0.717, 1.165) is 40.7 Å². The lowest BCUT2D eigenvalue weighted by molar-refractivity contribution is -0.119. The minimum atomic E-state index is 0.0489. The third-order valence-electron chi connectivity index (χ3n) is 4.82. The first-order chi connectivity index (χ1) is 13.2. The average molecular weight is 366 g/mol. The summed E-state index contributed by atoms with van der Waals surface area (Å²) in [5, 5.41) is 17.2. The van der Waals surface area contributed by atoms with Gasteiger partial charge in [0, 0.05) is 36.3 Å².